The Balaban J connectivity index is 2.61. The first-order chi connectivity index (χ1) is 9.17. The number of hydrogen-bond donors (Lipinski definition) is 2. The summed E-state index contributed by atoms with van der Waals surface area (Å²) in [7, 11) is 0. The van der Waals surface area contributed by atoms with Crippen molar-refractivity contribution in [2.24, 2.45) is 0 Å². The lowest BCUT2D eigenvalue weighted by Crippen LogP contribution is -2.34. The predicted molar refractivity (Wildman–Crippen MR) is 78.5 cm³/mol. The van der Waals surface area contributed by atoms with Gasteiger partial charge in [0, 0.05) is 12.6 Å². The molecule has 0 aliphatic rings. The predicted octanol–water partition coefficient (Wildman–Crippen LogP) is 3.23. The molecule has 1 aromatic carbocycles. The molecule has 1 rings (SSSR count). The van der Waals surface area contributed by atoms with Gasteiger partial charge in [0.25, 0.3) is 0 Å². The first-order valence-electron chi connectivity index (χ1n) is 6.54. The third-order valence-electron chi connectivity index (χ3n) is 2.46. The number of carbonyl (C=O) groups is 2. The molecule has 0 aromatic heterocycles. The molecule has 0 saturated heterocycles. The fraction of sp³-hybridized carbons (Fsp3) is 0.467. The van der Waals surface area contributed by atoms with E-state index in [1.165, 1.54) is 6.92 Å². The van der Waals surface area contributed by atoms with Crippen LogP contribution in [0.4, 0.5) is 10.5 Å². The van der Waals surface area contributed by atoms with E-state index in [-0.39, 0.29) is 11.9 Å². The summed E-state index contributed by atoms with van der Waals surface area (Å²) < 4.78 is 5.20. The van der Waals surface area contributed by atoms with Gasteiger partial charge in [-0.2, -0.15) is 0 Å². The molecule has 20 heavy (non-hydrogen) atoms. The average Bonchev–Trinajstić information content (AvgIpc) is 2.26. The Kier molecular flexibility index (Phi) is 5.13. The van der Waals surface area contributed by atoms with Gasteiger partial charge in [-0.05, 0) is 45.4 Å². The maximum atomic E-state index is 11.7. The zero-order valence-electron chi connectivity index (χ0n) is 12.6. The van der Waals surface area contributed by atoms with Gasteiger partial charge in [0.05, 0.1) is 6.04 Å². The van der Waals surface area contributed by atoms with Gasteiger partial charge in [0.15, 0.2) is 0 Å². The second-order valence-corrected chi connectivity index (χ2v) is 5.67. The largest absolute Gasteiger partial charge is 0.444 e. The zero-order chi connectivity index (χ0) is 15.3. The van der Waals surface area contributed by atoms with Crippen molar-refractivity contribution in [2.75, 3.05) is 5.32 Å². The summed E-state index contributed by atoms with van der Waals surface area (Å²) in [5, 5.41) is 5.46. The number of benzene rings is 1. The van der Waals surface area contributed by atoms with Crippen LogP contribution in [-0.2, 0) is 9.53 Å². The SMILES string of the molecule is CC(=O)Nc1ccc([C@H](C)NC(=O)OC(C)(C)C)cc1. The standard InChI is InChI=1S/C15H22N2O3/c1-10(16-14(19)20-15(3,4)5)12-6-8-13(9-7-12)17-11(2)18/h6-10H,1-5H3,(H,16,19)(H,17,18)/t10-/m0/s1. The monoisotopic (exact) mass is 278 g/mol. The van der Waals surface area contributed by atoms with Crippen molar-refractivity contribution in [3.05, 3.63) is 29.8 Å². The second-order valence-electron chi connectivity index (χ2n) is 5.67. The number of ether oxygens (including phenoxy) is 1. The van der Waals surface area contributed by atoms with E-state index < -0.39 is 11.7 Å². The molecular weight excluding hydrogens is 256 g/mol. The molecule has 110 valence electrons. The first kappa shape index (κ1) is 16.0. The molecule has 0 heterocycles. The molecule has 0 bridgehead atoms. The van der Waals surface area contributed by atoms with E-state index in [1.54, 1.807) is 12.1 Å². The Morgan fingerprint density at radius 3 is 2.15 bits per heavy atom. The van der Waals surface area contributed by atoms with E-state index in [4.69, 9.17) is 4.74 Å². The van der Waals surface area contributed by atoms with Crippen molar-refractivity contribution in [1.29, 1.82) is 0 Å². The molecule has 0 radical (unpaired) electrons. The molecule has 5 nitrogen and oxygen atoms in total. The van der Waals surface area contributed by atoms with Crippen LogP contribution in [0.1, 0.15) is 46.2 Å². The lowest BCUT2D eigenvalue weighted by Gasteiger charge is -2.22. The van der Waals surface area contributed by atoms with Gasteiger partial charge in [-0.25, -0.2) is 4.79 Å². The zero-order valence-corrected chi connectivity index (χ0v) is 12.6. The summed E-state index contributed by atoms with van der Waals surface area (Å²) in [6.45, 7) is 8.79. The van der Waals surface area contributed by atoms with Crippen molar-refractivity contribution in [3.8, 4) is 0 Å². The lowest BCUT2D eigenvalue weighted by molar-refractivity contribution is -0.114. The number of carbonyl (C=O) groups excluding carboxylic acids is 2. The minimum atomic E-state index is -0.515. The van der Waals surface area contributed by atoms with Gasteiger partial charge >= 0.3 is 6.09 Å². The van der Waals surface area contributed by atoms with Crippen molar-refractivity contribution in [3.63, 3.8) is 0 Å². The highest BCUT2D eigenvalue weighted by atomic mass is 16.6. The number of anilines is 1. The van der Waals surface area contributed by atoms with Gasteiger partial charge in [-0.15, -0.1) is 0 Å². The topological polar surface area (TPSA) is 67.4 Å². The van der Waals surface area contributed by atoms with Crippen LogP contribution in [0.15, 0.2) is 24.3 Å². The van der Waals surface area contributed by atoms with Gasteiger partial charge in [0.2, 0.25) is 5.91 Å². The number of alkyl carbamates (subject to hydrolysis) is 1. The summed E-state index contributed by atoms with van der Waals surface area (Å²) in [6.07, 6.45) is -0.448. The van der Waals surface area contributed by atoms with Gasteiger partial charge in [-0.1, -0.05) is 12.1 Å². The van der Waals surface area contributed by atoms with Gasteiger partial charge in [0.1, 0.15) is 5.60 Å². The molecule has 0 aliphatic carbocycles. The summed E-state index contributed by atoms with van der Waals surface area (Å²) in [5.74, 6) is -0.113. The van der Waals surface area contributed by atoms with Crippen LogP contribution >= 0.6 is 0 Å². The normalized spacial score (nSPS) is 12.4. The number of amides is 2. The Hall–Kier alpha value is -2.04. The molecule has 0 fully saturated rings. The molecule has 2 amide bonds. The Morgan fingerprint density at radius 1 is 1.15 bits per heavy atom. The first-order valence-corrected chi connectivity index (χ1v) is 6.54. The Bertz CT molecular complexity index is 475. The fourth-order valence-electron chi connectivity index (χ4n) is 1.63. The molecule has 1 atom stereocenters. The van der Waals surface area contributed by atoms with E-state index >= 15 is 0 Å². The van der Waals surface area contributed by atoms with E-state index in [0.29, 0.717) is 0 Å². The van der Waals surface area contributed by atoms with E-state index in [1.807, 2.05) is 39.8 Å². The number of nitrogens with one attached hydrogen (secondary N) is 2. The van der Waals surface area contributed by atoms with Crippen molar-refractivity contribution < 1.29 is 14.3 Å². The van der Waals surface area contributed by atoms with Gasteiger partial charge in [-0.3, -0.25) is 4.79 Å². The minimum absolute atomic E-state index is 0.113. The van der Waals surface area contributed by atoms with Crippen LogP contribution in [-0.4, -0.2) is 17.6 Å². The molecule has 0 spiro atoms. The Labute approximate surface area is 119 Å². The number of rotatable bonds is 3. The molecular formula is C15H22N2O3. The average molecular weight is 278 g/mol. The van der Waals surface area contributed by atoms with Crippen LogP contribution in [0, 0.1) is 0 Å². The smallest absolute Gasteiger partial charge is 0.408 e. The quantitative estimate of drug-likeness (QED) is 0.892. The van der Waals surface area contributed by atoms with E-state index in [0.717, 1.165) is 11.3 Å². The minimum Gasteiger partial charge on any atom is -0.444 e. The molecule has 0 aliphatic heterocycles. The number of hydrogen-bond acceptors (Lipinski definition) is 3. The molecule has 0 saturated carbocycles. The summed E-state index contributed by atoms with van der Waals surface area (Å²) in [6, 6.07) is 7.13. The molecule has 2 N–H and O–H groups in total. The van der Waals surface area contributed by atoms with E-state index in [9.17, 15) is 9.59 Å². The van der Waals surface area contributed by atoms with Crippen molar-refractivity contribution >= 4 is 17.7 Å². The lowest BCUT2D eigenvalue weighted by atomic mass is 10.1. The van der Waals surface area contributed by atoms with Gasteiger partial charge < -0.3 is 15.4 Å². The van der Waals surface area contributed by atoms with Crippen LogP contribution in [0.3, 0.4) is 0 Å². The van der Waals surface area contributed by atoms with Crippen LogP contribution in [0.2, 0.25) is 0 Å². The fourth-order valence-corrected chi connectivity index (χ4v) is 1.63. The van der Waals surface area contributed by atoms with Crippen LogP contribution in [0.5, 0.6) is 0 Å². The maximum absolute atomic E-state index is 11.7. The van der Waals surface area contributed by atoms with Crippen LogP contribution in [0.25, 0.3) is 0 Å². The summed E-state index contributed by atoms with van der Waals surface area (Å²) >= 11 is 0. The summed E-state index contributed by atoms with van der Waals surface area (Å²) in [4.78, 5) is 22.6. The maximum Gasteiger partial charge on any atom is 0.408 e. The van der Waals surface area contributed by atoms with Crippen LogP contribution < -0.4 is 10.6 Å². The molecule has 0 unspecified atom stereocenters. The highest BCUT2D eigenvalue weighted by molar-refractivity contribution is 5.88. The highest BCUT2D eigenvalue weighted by Gasteiger charge is 2.18. The molecule has 1 aromatic rings. The third-order valence-corrected chi connectivity index (χ3v) is 2.46. The summed E-state index contributed by atoms with van der Waals surface area (Å²) in [5.41, 5.74) is 1.15. The highest BCUT2D eigenvalue weighted by Crippen LogP contribution is 2.17. The molecule has 5 heteroatoms. The second kappa shape index (κ2) is 6.41. The van der Waals surface area contributed by atoms with E-state index in [2.05, 4.69) is 10.6 Å². The van der Waals surface area contributed by atoms with Crippen molar-refractivity contribution in [1.82, 2.24) is 5.32 Å². The third kappa shape index (κ3) is 5.73. The van der Waals surface area contributed by atoms with Crippen molar-refractivity contribution in [2.45, 2.75) is 46.3 Å². The Morgan fingerprint density at radius 2 is 1.70 bits per heavy atom.